The predicted molar refractivity (Wildman–Crippen MR) is 114 cm³/mol. The number of sulfonamides is 1. The third-order valence-corrected chi connectivity index (χ3v) is 7.12. The highest BCUT2D eigenvalue weighted by Gasteiger charge is 2.32. The number of anilines is 1. The molecule has 1 saturated heterocycles. The number of benzene rings is 1. The van der Waals surface area contributed by atoms with Gasteiger partial charge in [0.15, 0.2) is 0 Å². The van der Waals surface area contributed by atoms with Gasteiger partial charge in [0.05, 0.1) is 21.8 Å². The summed E-state index contributed by atoms with van der Waals surface area (Å²) in [5.41, 5.74) is -1.73. The number of hydrogen-bond donors (Lipinski definition) is 1. The van der Waals surface area contributed by atoms with Crippen LogP contribution < -0.4 is 10.9 Å². The minimum Gasteiger partial charge on any atom is -0.323 e. The monoisotopic (exact) mass is 496 g/mol. The lowest BCUT2D eigenvalue weighted by Crippen LogP contribution is -2.31. The van der Waals surface area contributed by atoms with Crippen LogP contribution in [0.25, 0.3) is 5.69 Å². The molecule has 1 amide bonds. The van der Waals surface area contributed by atoms with Gasteiger partial charge in [0, 0.05) is 25.4 Å². The molecule has 1 fully saturated rings. The lowest BCUT2D eigenvalue weighted by atomic mass is 10.1. The summed E-state index contributed by atoms with van der Waals surface area (Å²) in [6.45, 7) is 0.111. The van der Waals surface area contributed by atoms with Crippen molar-refractivity contribution in [2.24, 2.45) is 0 Å². The summed E-state index contributed by atoms with van der Waals surface area (Å²) in [5, 5.41) is 6.22. The number of rotatable bonds is 6. The van der Waals surface area contributed by atoms with Crippen LogP contribution in [0.1, 0.15) is 18.4 Å². The van der Waals surface area contributed by atoms with Gasteiger partial charge >= 0.3 is 6.18 Å². The van der Waals surface area contributed by atoms with Gasteiger partial charge in [0.1, 0.15) is 19.2 Å². The summed E-state index contributed by atoms with van der Waals surface area (Å²) >= 11 is 0. The van der Waals surface area contributed by atoms with Crippen molar-refractivity contribution >= 4 is 21.6 Å². The number of amides is 1. The molecule has 0 atom stereocenters. The largest absolute Gasteiger partial charge is 0.416 e. The molecule has 180 valence electrons. The molecule has 1 aliphatic heterocycles. The Morgan fingerprint density at radius 3 is 2.50 bits per heavy atom. The van der Waals surface area contributed by atoms with Crippen molar-refractivity contribution in [3.63, 3.8) is 0 Å². The Labute approximate surface area is 191 Å². The van der Waals surface area contributed by atoms with E-state index in [1.165, 1.54) is 27.7 Å². The Morgan fingerprint density at radius 2 is 1.85 bits per heavy atom. The summed E-state index contributed by atoms with van der Waals surface area (Å²) in [4.78, 5) is 28.5. The van der Waals surface area contributed by atoms with Crippen LogP contribution in [0.4, 0.5) is 18.9 Å². The summed E-state index contributed by atoms with van der Waals surface area (Å²) in [6.07, 6.45) is 0.277. The van der Waals surface area contributed by atoms with E-state index in [2.05, 4.69) is 15.4 Å². The van der Waals surface area contributed by atoms with E-state index in [0.717, 1.165) is 47.9 Å². The van der Waals surface area contributed by atoms with Crippen LogP contribution in [-0.4, -0.2) is 51.1 Å². The normalized spacial score (nSPS) is 14.9. The van der Waals surface area contributed by atoms with E-state index in [-0.39, 0.29) is 16.3 Å². The van der Waals surface area contributed by atoms with Crippen LogP contribution in [0.3, 0.4) is 0 Å². The molecule has 10 nitrogen and oxygen atoms in total. The van der Waals surface area contributed by atoms with Crippen molar-refractivity contribution in [2.45, 2.75) is 30.5 Å². The Bertz CT molecular complexity index is 1360. The maximum Gasteiger partial charge on any atom is 0.416 e. The minimum atomic E-state index is -4.66. The number of alkyl halides is 3. The van der Waals surface area contributed by atoms with Crippen LogP contribution in [0.5, 0.6) is 0 Å². The first-order valence-corrected chi connectivity index (χ1v) is 11.6. The third-order valence-electron chi connectivity index (χ3n) is 5.24. The van der Waals surface area contributed by atoms with E-state index in [1.807, 2.05) is 0 Å². The number of aromatic nitrogens is 4. The highest BCUT2D eigenvalue weighted by atomic mass is 32.2. The number of carbonyl (C=O) groups is 1. The zero-order valence-electron chi connectivity index (χ0n) is 17.6. The van der Waals surface area contributed by atoms with E-state index in [9.17, 15) is 31.2 Å². The van der Waals surface area contributed by atoms with Gasteiger partial charge in [-0.05, 0) is 37.1 Å². The molecular formula is C20H19F3N6O4S. The fourth-order valence-electron chi connectivity index (χ4n) is 3.55. The number of carbonyl (C=O) groups excluding carboxylic acids is 1. The molecule has 1 aromatic carbocycles. The fourth-order valence-corrected chi connectivity index (χ4v) is 5.09. The molecule has 4 rings (SSSR count). The predicted octanol–water partition coefficient (Wildman–Crippen LogP) is 1.87. The van der Waals surface area contributed by atoms with Crippen LogP contribution >= 0.6 is 0 Å². The average Bonchev–Trinajstić information content (AvgIpc) is 3.49. The van der Waals surface area contributed by atoms with Gasteiger partial charge in [-0.15, -0.1) is 0 Å². The molecule has 14 heteroatoms. The van der Waals surface area contributed by atoms with Crippen molar-refractivity contribution in [2.75, 3.05) is 18.4 Å². The Hall–Kier alpha value is -3.52. The van der Waals surface area contributed by atoms with Gasteiger partial charge in [0.2, 0.25) is 15.9 Å². The Balaban J connectivity index is 1.61. The Morgan fingerprint density at radius 1 is 1.12 bits per heavy atom. The molecule has 1 aliphatic rings. The number of halogens is 3. The van der Waals surface area contributed by atoms with Crippen molar-refractivity contribution < 1.29 is 26.4 Å². The van der Waals surface area contributed by atoms with Crippen molar-refractivity contribution in [3.05, 3.63) is 65.1 Å². The highest BCUT2D eigenvalue weighted by Crippen LogP contribution is 2.33. The summed E-state index contributed by atoms with van der Waals surface area (Å²) in [6, 6.07) is 4.90. The second-order valence-electron chi connectivity index (χ2n) is 7.56. The van der Waals surface area contributed by atoms with Gasteiger partial charge in [-0.2, -0.15) is 22.6 Å². The van der Waals surface area contributed by atoms with E-state index in [4.69, 9.17) is 0 Å². The first-order valence-electron chi connectivity index (χ1n) is 10.1. The summed E-state index contributed by atoms with van der Waals surface area (Å²) in [5.74, 6) is -0.835. The first-order chi connectivity index (χ1) is 16.1. The zero-order chi connectivity index (χ0) is 24.5. The summed E-state index contributed by atoms with van der Waals surface area (Å²) in [7, 11) is -3.83. The van der Waals surface area contributed by atoms with Crippen LogP contribution in [0.2, 0.25) is 0 Å². The summed E-state index contributed by atoms with van der Waals surface area (Å²) < 4.78 is 68.5. The lowest BCUT2D eigenvalue weighted by Gasteiger charge is -2.17. The highest BCUT2D eigenvalue weighted by molar-refractivity contribution is 7.89. The van der Waals surface area contributed by atoms with Gasteiger partial charge < -0.3 is 9.88 Å². The topological polar surface area (TPSA) is 119 Å². The van der Waals surface area contributed by atoms with Crippen molar-refractivity contribution in [1.82, 2.24) is 23.6 Å². The van der Waals surface area contributed by atoms with Crippen LogP contribution in [-0.2, 0) is 27.5 Å². The van der Waals surface area contributed by atoms with Gasteiger partial charge in [-0.25, -0.2) is 18.1 Å². The fraction of sp³-hybridized carbons (Fsp3) is 0.300. The molecular weight excluding hydrogens is 477 g/mol. The molecule has 0 bridgehead atoms. The molecule has 3 aromatic rings. The molecule has 2 aromatic heterocycles. The molecule has 3 heterocycles. The zero-order valence-corrected chi connectivity index (χ0v) is 18.4. The second-order valence-corrected chi connectivity index (χ2v) is 9.50. The number of nitrogens with one attached hydrogen (secondary N) is 1. The second kappa shape index (κ2) is 9.02. The SMILES string of the molecule is O=C(Cn1cc(S(=O)(=O)N2CCCC2)ccc1=O)Nc1cc(C(F)(F)F)ccc1-n1cncn1. The van der Waals surface area contributed by atoms with Gasteiger partial charge in [0.25, 0.3) is 5.56 Å². The van der Waals surface area contributed by atoms with Gasteiger partial charge in [-0.1, -0.05) is 0 Å². The van der Waals surface area contributed by atoms with E-state index in [1.54, 1.807) is 0 Å². The smallest absolute Gasteiger partial charge is 0.323 e. The maximum absolute atomic E-state index is 13.2. The average molecular weight is 496 g/mol. The minimum absolute atomic E-state index is 0.122. The molecule has 0 spiro atoms. The molecule has 0 unspecified atom stereocenters. The van der Waals surface area contributed by atoms with Crippen LogP contribution in [0.15, 0.2) is 58.9 Å². The molecule has 0 saturated carbocycles. The first kappa shape index (κ1) is 23.6. The number of pyridine rings is 1. The molecule has 0 radical (unpaired) electrons. The Kier molecular flexibility index (Phi) is 6.27. The standard InChI is InChI=1S/C20H19F3N6O4S/c21-20(22,23)14-3-5-17(29-13-24-12-25-29)16(9-14)26-18(30)11-27-10-15(4-6-19(27)31)34(32,33)28-7-1-2-8-28/h3-6,9-10,12-13H,1-2,7-8,11H2,(H,26,30). The number of nitrogens with zero attached hydrogens (tertiary/aromatic N) is 5. The van der Waals surface area contributed by atoms with E-state index in [0.29, 0.717) is 13.1 Å². The van der Waals surface area contributed by atoms with E-state index >= 15 is 0 Å². The third kappa shape index (κ3) is 4.87. The number of hydrogen-bond acceptors (Lipinski definition) is 6. The van der Waals surface area contributed by atoms with E-state index < -0.39 is 39.8 Å². The molecule has 34 heavy (non-hydrogen) atoms. The maximum atomic E-state index is 13.2. The molecule has 1 N–H and O–H groups in total. The quantitative estimate of drug-likeness (QED) is 0.557. The van der Waals surface area contributed by atoms with Crippen molar-refractivity contribution in [3.8, 4) is 5.69 Å². The van der Waals surface area contributed by atoms with Crippen LogP contribution in [0, 0.1) is 0 Å². The van der Waals surface area contributed by atoms with Crippen molar-refractivity contribution in [1.29, 1.82) is 0 Å². The lowest BCUT2D eigenvalue weighted by molar-refractivity contribution is -0.137. The molecule has 0 aliphatic carbocycles. The van der Waals surface area contributed by atoms with Gasteiger partial charge in [-0.3, -0.25) is 9.59 Å².